The molecule has 1 heterocycles. The van der Waals surface area contributed by atoms with Gasteiger partial charge in [-0.2, -0.15) is 0 Å². The Kier molecular flexibility index (Phi) is 6.32. The number of halogens is 1. The number of aromatic nitrogens is 1. The van der Waals surface area contributed by atoms with Crippen LogP contribution in [0.15, 0.2) is 65.1 Å². The van der Waals surface area contributed by atoms with Gasteiger partial charge in [0.1, 0.15) is 11.3 Å². The molecule has 1 amide bonds. The third kappa shape index (κ3) is 4.41. The molecule has 0 bridgehead atoms. The fraction of sp³-hybridized carbons (Fsp3) is 0.200. The lowest BCUT2D eigenvalue weighted by atomic mass is 10.1. The molecule has 0 aliphatic heterocycles. The Morgan fingerprint density at radius 2 is 1.81 bits per heavy atom. The van der Waals surface area contributed by atoms with Crippen LogP contribution >= 0.6 is 11.6 Å². The minimum Gasteiger partial charge on any atom is -0.496 e. The maximum absolute atomic E-state index is 12.7. The number of carbonyl (C=O) groups is 1. The van der Waals surface area contributed by atoms with E-state index >= 15 is 0 Å². The van der Waals surface area contributed by atoms with Gasteiger partial charge in [0, 0.05) is 35.1 Å². The largest absolute Gasteiger partial charge is 0.496 e. The lowest BCUT2D eigenvalue weighted by Crippen LogP contribution is -2.21. The van der Waals surface area contributed by atoms with Gasteiger partial charge in [-0.1, -0.05) is 11.6 Å². The number of nitrogens with one attached hydrogen (secondary N) is 1. The zero-order chi connectivity index (χ0) is 22.7. The van der Waals surface area contributed by atoms with E-state index in [9.17, 15) is 4.79 Å². The second kappa shape index (κ2) is 9.32. The maximum Gasteiger partial charge on any atom is 0.259 e. The topological polar surface area (TPSA) is 67.6 Å². The van der Waals surface area contributed by atoms with Gasteiger partial charge in [-0.15, -0.1) is 0 Å². The van der Waals surface area contributed by atoms with Crippen molar-refractivity contribution in [3.8, 4) is 17.2 Å². The molecule has 0 saturated carbocycles. The van der Waals surface area contributed by atoms with Crippen LogP contribution in [0.5, 0.6) is 5.75 Å². The summed E-state index contributed by atoms with van der Waals surface area (Å²) >= 11 is 6.04. The first-order valence-electron chi connectivity index (χ1n) is 10.4. The predicted octanol–water partition coefficient (Wildman–Crippen LogP) is 6.26. The number of nitrogens with zero attached hydrogens (tertiary/aromatic N) is 2. The number of hydrogen-bond acceptors (Lipinski definition) is 5. The van der Waals surface area contributed by atoms with Crippen LogP contribution in [0.2, 0.25) is 5.02 Å². The van der Waals surface area contributed by atoms with Gasteiger partial charge in [0.05, 0.1) is 12.7 Å². The highest BCUT2D eigenvalue weighted by Gasteiger charge is 2.15. The normalized spacial score (nSPS) is 10.9. The molecule has 32 heavy (non-hydrogen) atoms. The molecule has 164 valence electrons. The zero-order valence-corrected chi connectivity index (χ0v) is 18.9. The third-order valence-electron chi connectivity index (χ3n) is 5.29. The van der Waals surface area contributed by atoms with Crippen molar-refractivity contribution in [2.75, 3.05) is 30.4 Å². The minimum absolute atomic E-state index is 0.320. The first-order chi connectivity index (χ1) is 15.5. The van der Waals surface area contributed by atoms with Crippen LogP contribution in [0, 0.1) is 0 Å². The Labute approximate surface area is 191 Å². The molecule has 0 aliphatic carbocycles. The second-order valence-electron chi connectivity index (χ2n) is 7.22. The molecule has 4 aromatic rings. The molecule has 3 aromatic carbocycles. The number of carbonyl (C=O) groups excluding carboxylic acids is 1. The van der Waals surface area contributed by atoms with E-state index in [0.717, 1.165) is 24.3 Å². The second-order valence-corrected chi connectivity index (χ2v) is 7.66. The molecule has 0 aliphatic rings. The number of rotatable bonds is 7. The van der Waals surface area contributed by atoms with Crippen molar-refractivity contribution in [3.05, 3.63) is 71.2 Å². The van der Waals surface area contributed by atoms with Crippen molar-refractivity contribution < 1.29 is 13.9 Å². The number of ether oxygens (including phenoxy) is 1. The lowest BCUT2D eigenvalue weighted by Gasteiger charge is -2.20. The number of methoxy groups -OCH3 is 1. The van der Waals surface area contributed by atoms with E-state index in [4.69, 9.17) is 20.8 Å². The van der Waals surface area contributed by atoms with Crippen molar-refractivity contribution in [2.24, 2.45) is 0 Å². The molecule has 0 spiro atoms. The first kappa shape index (κ1) is 21.7. The third-order valence-corrected chi connectivity index (χ3v) is 5.53. The summed E-state index contributed by atoms with van der Waals surface area (Å²) in [5, 5.41) is 3.33. The van der Waals surface area contributed by atoms with E-state index in [1.165, 1.54) is 7.11 Å². The monoisotopic (exact) mass is 449 g/mol. The SMILES string of the molecule is CCN(CC)c1ccc(-c2nc3cc(NC(=O)c4cc(Cl)ccc4OC)ccc3o2)cc1. The number of anilines is 2. The molecule has 0 fully saturated rings. The Bertz CT molecular complexity index is 1250. The summed E-state index contributed by atoms with van der Waals surface area (Å²) in [4.78, 5) is 19.6. The van der Waals surface area contributed by atoms with Gasteiger partial charge in [0.25, 0.3) is 5.91 Å². The predicted molar refractivity (Wildman–Crippen MR) is 129 cm³/mol. The highest BCUT2D eigenvalue weighted by Crippen LogP contribution is 2.29. The van der Waals surface area contributed by atoms with Gasteiger partial charge in [-0.05, 0) is 74.5 Å². The molecule has 1 N–H and O–H groups in total. The first-order valence-corrected chi connectivity index (χ1v) is 10.8. The molecular weight excluding hydrogens is 426 g/mol. The maximum atomic E-state index is 12.7. The summed E-state index contributed by atoms with van der Waals surface area (Å²) in [7, 11) is 1.51. The highest BCUT2D eigenvalue weighted by molar-refractivity contribution is 6.31. The van der Waals surface area contributed by atoms with Crippen molar-refractivity contribution in [1.29, 1.82) is 0 Å². The number of oxazole rings is 1. The Balaban J connectivity index is 1.57. The number of fused-ring (bicyclic) bond motifs is 1. The molecule has 0 unspecified atom stereocenters. The molecule has 0 atom stereocenters. The van der Waals surface area contributed by atoms with Gasteiger partial charge in [0.2, 0.25) is 5.89 Å². The highest BCUT2D eigenvalue weighted by atomic mass is 35.5. The summed E-state index contributed by atoms with van der Waals surface area (Å²) in [5.74, 6) is 0.662. The fourth-order valence-electron chi connectivity index (χ4n) is 3.59. The van der Waals surface area contributed by atoms with Crippen LogP contribution in [0.3, 0.4) is 0 Å². The summed E-state index contributed by atoms with van der Waals surface area (Å²) in [6.07, 6.45) is 0. The molecule has 7 heteroatoms. The van der Waals surface area contributed by atoms with Gasteiger partial charge < -0.3 is 19.4 Å². The van der Waals surface area contributed by atoms with E-state index in [-0.39, 0.29) is 5.91 Å². The van der Waals surface area contributed by atoms with E-state index in [0.29, 0.717) is 39.0 Å². The van der Waals surface area contributed by atoms with Crippen molar-refractivity contribution in [1.82, 2.24) is 4.98 Å². The quantitative estimate of drug-likeness (QED) is 0.361. The summed E-state index contributed by atoms with van der Waals surface area (Å²) in [6.45, 7) is 6.18. The Morgan fingerprint density at radius 3 is 2.50 bits per heavy atom. The summed E-state index contributed by atoms with van der Waals surface area (Å²) < 4.78 is 11.2. The zero-order valence-electron chi connectivity index (χ0n) is 18.2. The van der Waals surface area contributed by atoms with Gasteiger partial charge in [0.15, 0.2) is 5.58 Å². The van der Waals surface area contributed by atoms with E-state index in [1.54, 1.807) is 36.4 Å². The molecule has 1 aromatic heterocycles. The van der Waals surface area contributed by atoms with Crippen molar-refractivity contribution in [2.45, 2.75) is 13.8 Å². The molecular formula is C25H24ClN3O3. The van der Waals surface area contributed by atoms with E-state index in [1.807, 2.05) is 12.1 Å². The molecule has 6 nitrogen and oxygen atoms in total. The van der Waals surface area contributed by atoms with Gasteiger partial charge in [-0.25, -0.2) is 4.98 Å². The van der Waals surface area contributed by atoms with Crippen molar-refractivity contribution in [3.63, 3.8) is 0 Å². The van der Waals surface area contributed by atoms with E-state index < -0.39 is 0 Å². The van der Waals surface area contributed by atoms with Crippen LogP contribution in [0.4, 0.5) is 11.4 Å². The summed E-state index contributed by atoms with van der Waals surface area (Å²) in [6, 6.07) is 18.4. The van der Waals surface area contributed by atoms with Gasteiger partial charge in [-0.3, -0.25) is 4.79 Å². The van der Waals surface area contributed by atoms with Gasteiger partial charge >= 0.3 is 0 Å². The van der Waals surface area contributed by atoms with Crippen LogP contribution in [0.1, 0.15) is 24.2 Å². The number of benzene rings is 3. The number of amides is 1. The molecule has 0 radical (unpaired) electrons. The van der Waals surface area contributed by atoms with Crippen LogP contribution in [0.25, 0.3) is 22.6 Å². The average Bonchev–Trinajstić information content (AvgIpc) is 3.24. The standard InChI is InChI=1S/C25H24ClN3O3/c1-4-29(5-2)19-10-6-16(7-11-19)25-28-21-15-18(9-13-23(21)32-25)27-24(30)20-14-17(26)8-12-22(20)31-3/h6-15H,4-5H2,1-3H3,(H,27,30). The lowest BCUT2D eigenvalue weighted by molar-refractivity contribution is 0.102. The number of hydrogen-bond donors (Lipinski definition) is 1. The summed E-state index contributed by atoms with van der Waals surface area (Å²) in [5.41, 5.74) is 4.31. The average molecular weight is 450 g/mol. The van der Waals surface area contributed by atoms with Crippen molar-refractivity contribution >= 4 is 40.0 Å². The molecule has 0 saturated heterocycles. The fourth-order valence-corrected chi connectivity index (χ4v) is 3.76. The van der Waals surface area contributed by atoms with Crippen LogP contribution in [-0.2, 0) is 0 Å². The van der Waals surface area contributed by atoms with E-state index in [2.05, 4.69) is 41.2 Å². The molecule has 4 rings (SSSR count). The van der Waals surface area contributed by atoms with Crippen LogP contribution in [-0.4, -0.2) is 31.1 Å². The Hall–Kier alpha value is -3.51. The Morgan fingerprint density at radius 1 is 1.06 bits per heavy atom. The van der Waals surface area contributed by atoms with Crippen LogP contribution < -0.4 is 15.0 Å². The smallest absolute Gasteiger partial charge is 0.259 e. The minimum atomic E-state index is -0.320.